The Balaban J connectivity index is 1.56. The molecule has 10 heteroatoms. The van der Waals surface area contributed by atoms with Crippen LogP contribution in [-0.2, 0) is 0 Å². The van der Waals surface area contributed by atoms with Crippen molar-refractivity contribution in [3.8, 4) is 17.1 Å². The Kier molecular flexibility index (Phi) is 6.78. The lowest BCUT2D eigenvalue weighted by atomic mass is 9.99. The summed E-state index contributed by atoms with van der Waals surface area (Å²) in [5.74, 6) is -0.238. The van der Waals surface area contributed by atoms with Crippen molar-refractivity contribution >= 4 is 45.3 Å². The standard InChI is InChI=1S/C22H20ClFN4O3S/c1-2-13(29)9-26-22-28-18(11-32-22)21-20-15(5-6-25-21)19(30)7-12(27-20)10-31-14-3-4-17(24)16(23)8-14/h3-6,8,11,13,29H,2,7,9-10H2,1H3,(H,26,28). The first-order valence-electron chi connectivity index (χ1n) is 9.99. The van der Waals surface area contributed by atoms with Gasteiger partial charge in [-0.2, -0.15) is 0 Å². The van der Waals surface area contributed by atoms with E-state index < -0.39 is 11.9 Å². The van der Waals surface area contributed by atoms with Gasteiger partial charge in [0.15, 0.2) is 10.9 Å². The van der Waals surface area contributed by atoms with Gasteiger partial charge in [-0.15, -0.1) is 11.3 Å². The molecule has 1 aliphatic heterocycles. The maximum Gasteiger partial charge on any atom is 0.183 e. The number of halogens is 2. The van der Waals surface area contributed by atoms with Crippen molar-refractivity contribution in [1.29, 1.82) is 0 Å². The Bertz CT molecular complexity index is 1180. The van der Waals surface area contributed by atoms with Crippen molar-refractivity contribution in [2.45, 2.75) is 25.9 Å². The number of carbonyl (C=O) groups excluding carboxylic acids is 1. The number of Topliss-reactive ketones (excluding diaryl/α,β-unsaturated/α-hetero) is 1. The molecule has 1 atom stereocenters. The van der Waals surface area contributed by atoms with Crippen LogP contribution >= 0.6 is 22.9 Å². The lowest BCUT2D eigenvalue weighted by Crippen LogP contribution is -2.20. The maximum absolute atomic E-state index is 13.3. The van der Waals surface area contributed by atoms with Crippen LogP contribution in [0.15, 0.2) is 40.8 Å². The minimum absolute atomic E-state index is 0.0413. The van der Waals surface area contributed by atoms with E-state index in [-0.39, 0.29) is 23.8 Å². The number of thiazole rings is 1. The van der Waals surface area contributed by atoms with Gasteiger partial charge in [-0.05, 0) is 24.6 Å². The number of nitrogens with zero attached hydrogens (tertiary/aromatic N) is 3. The summed E-state index contributed by atoms with van der Waals surface area (Å²) in [6.07, 6.45) is 1.87. The molecule has 0 radical (unpaired) electrons. The number of rotatable bonds is 8. The van der Waals surface area contributed by atoms with Crippen LogP contribution in [0.2, 0.25) is 5.02 Å². The van der Waals surface area contributed by atoms with E-state index in [1.54, 1.807) is 12.3 Å². The number of hydrogen-bond acceptors (Lipinski definition) is 8. The highest BCUT2D eigenvalue weighted by atomic mass is 35.5. The molecule has 4 rings (SSSR count). The number of aliphatic imine (C=N–C) groups is 1. The van der Waals surface area contributed by atoms with Gasteiger partial charge in [-0.1, -0.05) is 18.5 Å². The average Bonchev–Trinajstić information content (AvgIpc) is 3.27. The van der Waals surface area contributed by atoms with E-state index in [0.29, 0.717) is 52.2 Å². The number of hydrogen-bond donors (Lipinski definition) is 2. The summed E-state index contributed by atoms with van der Waals surface area (Å²) in [5.41, 5.74) is 2.54. The van der Waals surface area contributed by atoms with Crippen LogP contribution in [0.25, 0.3) is 11.4 Å². The molecule has 0 spiro atoms. The summed E-state index contributed by atoms with van der Waals surface area (Å²) in [7, 11) is 0. The van der Waals surface area contributed by atoms with Gasteiger partial charge in [0.05, 0.1) is 23.3 Å². The molecule has 32 heavy (non-hydrogen) atoms. The average molecular weight is 475 g/mol. The first-order chi connectivity index (χ1) is 15.4. The number of ether oxygens (including phenoxy) is 1. The molecule has 0 saturated heterocycles. The molecule has 0 fully saturated rings. The molecule has 3 aromatic rings. The molecule has 1 unspecified atom stereocenters. The van der Waals surface area contributed by atoms with Crippen LogP contribution in [0, 0.1) is 5.82 Å². The van der Waals surface area contributed by atoms with Gasteiger partial charge in [0, 0.05) is 29.8 Å². The van der Waals surface area contributed by atoms with E-state index in [2.05, 4.69) is 20.3 Å². The Morgan fingerprint density at radius 3 is 3.00 bits per heavy atom. The molecule has 0 saturated carbocycles. The lowest BCUT2D eigenvalue weighted by molar-refractivity contribution is 0.0998. The fraction of sp³-hybridized carbons (Fsp3) is 0.273. The van der Waals surface area contributed by atoms with Crippen LogP contribution in [0.1, 0.15) is 30.1 Å². The maximum atomic E-state index is 13.3. The Hall–Kier alpha value is -2.88. The third kappa shape index (κ3) is 4.95. The summed E-state index contributed by atoms with van der Waals surface area (Å²) < 4.78 is 19.0. The van der Waals surface area contributed by atoms with E-state index in [1.165, 1.54) is 29.5 Å². The van der Waals surface area contributed by atoms with Gasteiger partial charge >= 0.3 is 0 Å². The van der Waals surface area contributed by atoms with Crippen molar-refractivity contribution in [2.24, 2.45) is 4.99 Å². The van der Waals surface area contributed by atoms with Gasteiger partial charge in [0.2, 0.25) is 0 Å². The van der Waals surface area contributed by atoms with Crippen LogP contribution in [-0.4, -0.2) is 45.8 Å². The van der Waals surface area contributed by atoms with Gasteiger partial charge in [-0.25, -0.2) is 9.37 Å². The molecule has 7 nitrogen and oxygen atoms in total. The number of benzene rings is 1. The molecule has 166 valence electrons. The van der Waals surface area contributed by atoms with E-state index in [0.717, 1.165) is 0 Å². The van der Waals surface area contributed by atoms with Crippen LogP contribution < -0.4 is 10.1 Å². The van der Waals surface area contributed by atoms with Crippen LogP contribution in [0.5, 0.6) is 5.75 Å². The summed E-state index contributed by atoms with van der Waals surface area (Å²) in [4.78, 5) is 26.3. The number of pyridine rings is 1. The SMILES string of the molecule is CCC(O)CNc1nc(-c2nccc3c2N=C(COc2ccc(F)c(Cl)c2)CC3=O)cs1. The molecule has 0 bridgehead atoms. The van der Waals surface area contributed by atoms with Crippen molar-refractivity contribution in [3.63, 3.8) is 0 Å². The predicted octanol–water partition coefficient (Wildman–Crippen LogP) is 4.92. The molecular weight excluding hydrogens is 455 g/mol. The fourth-order valence-corrected chi connectivity index (χ4v) is 3.96. The summed E-state index contributed by atoms with van der Waals surface area (Å²) in [6.45, 7) is 2.36. The van der Waals surface area contributed by atoms with E-state index >= 15 is 0 Å². The number of nitrogens with one attached hydrogen (secondary N) is 1. The second kappa shape index (κ2) is 9.72. The normalized spacial score (nSPS) is 14.0. The summed E-state index contributed by atoms with van der Waals surface area (Å²) in [6, 6.07) is 5.70. The van der Waals surface area contributed by atoms with Crippen molar-refractivity contribution in [1.82, 2.24) is 9.97 Å². The highest BCUT2D eigenvalue weighted by Crippen LogP contribution is 2.36. The topological polar surface area (TPSA) is 96.7 Å². The molecule has 0 aliphatic carbocycles. The molecule has 2 N–H and O–H groups in total. The number of aliphatic hydroxyl groups is 1. The third-order valence-corrected chi connectivity index (χ3v) is 5.95. The molecule has 3 heterocycles. The zero-order chi connectivity index (χ0) is 22.7. The number of fused-ring (bicyclic) bond motifs is 1. The number of aromatic nitrogens is 2. The Labute approximate surface area is 193 Å². The summed E-state index contributed by atoms with van der Waals surface area (Å²) >= 11 is 7.18. The number of anilines is 1. The van der Waals surface area contributed by atoms with Crippen LogP contribution in [0.3, 0.4) is 0 Å². The highest BCUT2D eigenvalue weighted by molar-refractivity contribution is 7.14. The highest BCUT2D eigenvalue weighted by Gasteiger charge is 2.25. The lowest BCUT2D eigenvalue weighted by Gasteiger charge is -2.17. The first-order valence-corrected chi connectivity index (χ1v) is 11.2. The number of aliphatic hydroxyl groups excluding tert-OH is 1. The third-order valence-electron chi connectivity index (χ3n) is 4.86. The van der Waals surface area contributed by atoms with E-state index in [9.17, 15) is 14.3 Å². The molecule has 0 amide bonds. The van der Waals surface area contributed by atoms with Crippen molar-refractivity contribution in [3.05, 3.63) is 52.2 Å². The van der Waals surface area contributed by atoms with E-state index in [1.807, 2.05) is 12.3 Å². The first kappa shape index (κ1) is 22.3. The second-order valence-electron chi connectivity index (χ2n) is 7.18. The number of ketones is 1. The largest absolute Gasteiger partial charge is 0.488 e. The minimum Gasteiger partial charge on any atom is -0.488 e. The minimum atomic E-state index is -0.532. The molecule has 1 aromatic carbocycles. The van der Waals surface area contributed by atoms with E-state index in [4.69, 9.17) is 16.3 Å². The van der Waals surface area contributed by atoms with Crippen molar-refractivity contribution in [2.75, 3.05) is 18.5 Å². The van der Waals surface area contributed by atoms with Gasteiger partial charge in [-0.3, -0.25) is 14.8 Å². The Morgan fingerprint density at radius 1 is 1.38 bits per heavy atom. The fourth-order valence-electron chi connectivity index (χ4n) is 3.09. The summed E-state index contributed by atoms with van der Waals surface area (Å²) in [5, 5.41) is 15.3. The van der Waals surface area contributed by atoms with Crippen molar-refractivity contribution < 1.29 is 19.0 Å². The van der Waals surface area contributed by atoms with Gasteiger partial charge < -0.3 is 15.2 Å². The smallest absolute Gasteiger partial charge is 0.183 e. The zero-order valence-corrected chi connectivity index (χ0v) is 18.7. The van der Waals surface area contributed by atoms with Crippen LogP contribution in [0.4, 0.5) is 15.2 Å². The quantitative estimate of drug-likeness (QED) is 0.481. The number of carbonyl (C=O) groups is 1. The zero-order valence-electron chi connectivity index (χ0n) is 17.1. The monoisotopic (exact) mass is 474 g/mol. The van der Waals surface area contributed by atoms with Gasteiger partial charge in [0.1, 0.15) is 35.2 Å². The molecule has 2 aromatic heterocycles. The molecular formula is C22H20ClFN4O3S. The Morgan fingerprint density at radius 2 is 2.22 bits per heavy atom. The molecule has 1 aliphatic rings. The predicted molar refractivity (Wildman–Crippen MR) is 123 cm³/mol. The second-order valence-corrected chi connectivity index (χ2v) is 8.44. The van der Waals surface area contributed by atoms with Gasteiger partial charge in [0.25, 0.3) is 0 Å².